The second-order valence-electron chi connectivity index (χ2n) is 10.1. The van der Waals surface area contributed by atoms with Crippen LogP contribution in [-0.2, 0) is 4.79 Å². The summed E-state index contributed by atoms with van der Waals surface area (Å²) >= 11 is 12.5. The number of nitrogens with one attached hydrogen (secondary N) is 1. The molecule has 2 aliphatic rings. The van der Waals surface area contributed by atoms with Crippen LogP contribution in [0.3, 0.4) is 0 Å². The quantitative estimate of drug-likeness (QED) is 0.277. The van der Waals surface area contributed by atoms with Gasteiger partial charge in [0, 0.05) is 23.3 Å². The number of Topliss-reactive ketones (excluding diaryl/α,β-unsaturated/α-hetero) is 1. The van der Waals surface area contributed by atoms with E-state index in [9.17, 15) is 9.59 Å². The van der Waals surface area contributed by atoms with Crippen LogP contribution >= 0.6 is 23.2 Å². The third kappa shape index (κ3) is 4.75. The molecular weight excluding hydrogens is 527 g/mol. The molecule has 4 aromatic carbocycles. The number of halogens is 2. The van der Waals surface area contributed by atoms with E-state index in [1.807, 2.05) is 97.9 Å². The molecule has 39 heavy (non-hydrogen) atoms. The van der Waals surface area contributed by atoms with Gasteiger partial charge in [-0.2, -0.15) is 0 Å². The van der Waals surface area contributed by atoms with E-state index >= 15 is 0 Å². The van der Waals surface area contributed by atoms with Crippen molar-refractivity contribution in [2.45, 2.75) is 31.7 Å². The normalized spacial score (nSPS) is 18.6. The second-order valence-corrected chi connectivity index (χ2v) is 10.9. The van der Waals surface area contributed by atoms with Crippen LogP contribution in [0.5, 0.6) is 0 Å². The summed E-state index contributed by atoms with van der Waals surface area (Å²) < 4.78 is 0. The predicted molar refractivity (Wildman–Crippen MR) is 158 cm³/mol. The average molecular weight is 553 g/mol. The van der Waals surface area contributed by atoms with Gasteiger partial charge >= 0.3 is 0 Å². The Labute approximate surface area is 237 Å². The van der Waals surface area contributed by atoms with Gasteiger partial charge in [-0.1, -0.05) is 89.4 Å². The van der Waals surface area contributed by atoms with Gasteiger partial charge in [0.1, 0.15) is 0 Å². The van der Waals surface area contributed by atoms with E-state index in [0.29, 0.717) is 34.0 Å². The number of aryl methyl sites for hydroxylation is 1. The fraction of sp³-hybridized carbons (Fsp3) is 0.152. The summed E-state index contributed by atoms with van der Waals surface area (Å²) in [5.74, 6) is -0.228. The van der Waals surface area contributed by atoms with Crippen LogP contribution in [-0.4, -0.2) is 11.7 Å². The molecule has 1 N–H and O–H groups in total. The molecule has 1 aliphatic carbocycles. The number of hydrogen-bond donors (Lipinski definition) is 1. The van der Waals surface area contributed by atoms with Gasteiger partial charge < -0.3 is 5.32 Å². The number of fused-ring (bicyclic) bond motifs is 1. The maximum atomic E-state index is 14.2. The zero-order chi connectivity index (χ0) is 27.1. The Kier molecular flexibility index (Phi) is 6.76. The zero-order valence-electron chi connectivity index (χ0n) is 21.3. The molecule has 0 saturated heterocycles. The minimum absolute atomic E-state index is 0.00376. The van der Waals surface area contributed by atoms with E-state index in [-0.39, 0.29) is 17.6 Å². The van der Waals surface area contributed by atoms with Gasteiger partial charge in [-0.15, -0.1) is 0 Å². The lowest BCUT2D eigenvalue weighted by Crippen LogP contribution is -2.38. The summed E-state index contributed by atoms with van der Waals surface area (Å²) in [6.07, 6.45) is 0.910. The van der Waals surface area contributed by atoms with Crippen LogP contribution in [0, 0.1) is 6.92 Å². The fourth-order valence-corrected chi connectivity index (χ4v) is 5.91. The van der Waals surface area contributed by atoms with Crippen molar-refractivity contribution in [3.63, 3.8) is 0 Å². The van der Waals surface area contributed by atoms with Crippen LogP contribution in [0.15, 0.2) is 108 Å². The molecule has 2 atom stereocenters. The first kappa shape index (κ1) is 25.4. The highest BCUT2D eigenvalue weighted by molar-refractivity contribution is 6.42. The molecule has 6 rings (SSSR count). The number of hydrogen-bond acceptors (Lipinski definition) is 3. The Morgan fingerprint density at radius 2 is 1.51 bits per heavy atom. The van der Waals surface area contributed by atoms with Gasteiger partial charge in [0.25, 0.3) is 5.91 Å². The zero-order valence-corrected chi connectivity index (χ0v) is 22.8. The molecule has 0 bridgehead atoms. The number of benzene rings is 4. The third-order valence-electron chi connectivity index (χ3n) is 7.54. The molecule has 0 saturated carbocycles. The molecule has 0 unspecified atom stereocenters. The van der Waals surface area contributed by atoms with Crippen LogP contribution in [0.1, 0.15) is 51.8 Å². The van der Waals surface area contributed by atoms with Crippen LogP contribution in [0.2, 0.25) is 10.0 Å². The SMILES string of the molecule is Cc1ccc([C@@H]2C3=C(C[C@@H](c4ccc(Cl)c(Cl)c4)CC3=O)Nc3ccccc3N2C(=O)c2ccccc2)cc1. The number of nitrogens with zero attached hydrogens (tertiary/aromatic N) is 1. The van der Waals surface area contributed by atoms with Crippen molar-refractivity contribution in [2.24, 2.45) is 0 Å². The molecule has 1 amide bonds. The van der Waals surface area contributed by atoms with Crippen LogP contribution < -0.4 is 10.2 Å². The Morgan fingerprint density at radius 3 is 2.26 bits per heavy atom. The standard InChI is InChI=1S/C33H26Cl2N2O2/c1-20-11-13-21(14-12-20)32-31-28(18-24(19-30(31)38)23-15-16-25(34)26(35)17-23)36-27-9-5-6-10-29(27)37(32)33(39)22-7-3-2-4-8-22/h2-17,24,32,36H,18-19H2,1H3/t24-,32-/m1/s1. The van der Waals surface area contributed by atoms with E-state index in [2.05, 4.69) is 5.32 Å². The summed E-state index contributed by atoms with van der Waals surface area (Å²) in [7, 11) is 0. The van der Waals surface area contributed by atoms with Gasteiger partial charge in [-0.25, -0.2) is 0 Å². The molecule has 1 aliphatic heterocycles. The monoisotopic (exact) mass is 552 g/mol. The highest BCUT2D eigenvalue weighted by atomic mass is 35.5. The maximum Gasteiger partial charge on any atom is 0.259 e. The summed E-state index contributed by atoms with van der Waals surface area (Å²) in [6, 6.07) is 30.0. The lowest BCUT2D eigenvalue weighted by Gasteiger charge is -2.35. The first-order valence-corrected chi connectivity index (χ1v) is 13.7. The topological polar surface area (TPSA) is 49.4 Å². The number of carbonyl (C=O) groups excluding carboxylic acids is 2. The number of allylic oxidation sites excluding steroid dienone is 1. The summed E-state index contributed by atoms with van der Waals surface area (Å²) in [5, 5.41) is 4.53. The fourth-order valence-electron chi connectivity index (χ4n) is 5.60. The van der Waals surface area contributed by atoms with Gasteiger partial charge in [0.2, 0.25) is 0 Å². The van der Waals surface area contributed by atoms with Crippen molar-refractivity contribution in [3.8, 4) is 0 Å². The molecule has 4 nitrogen and oxygen atoms in total. The van der Waals surface area contributed by atoms with E-state index in [0.717, 1.165) is 33.8 Å². The van der Waals surface area contributed by atoms with Crippen molar-refractivity contribution in [1.82, 2.24) is 0 Å². The van der Waals surface area contributed by atoms with Crippen molar-refractivity contribution in [1.29, 1.82) is 0 Å². The number of carbonyl (C=O) groups is 2. The lowest BCUT2D eigenvalue weighted by atomic mass is 9.78. The molecule has 6 heteroatoms. The smallest absolute Gasteiger partial charge is 0.259 e. The molecule has 0 spiro atoms. The molecule has 4 aromatic rings. The Balaban J connectivity index is 1.55. The number of anilines is 2. The molecule has 0 aromatic heterocycles. The first-order valence-electron chi connectivity index (χ1n) is 12.9. The number of ketones is 1. The lowest BCUT2D eigenvalue weighted by molar-refractivity contribution is -0.116. The average Bonchev–Trinajstić information content (AvgIpc) is 3.10. The number of rotatable bonds is 3. The number of para-hydroxylation sites is 2. The summed E-state index contributed by atoms with van der Waals surface area (Å²) in [6.45, 7) is 2.03. The van der Waals surface area contributed by atoms with E-state index in [1.165, 1.54) is 0 Å². The van der Waals surface area contributed by atoms with E-state index < -0.39 is 6.04 Å². The highest BCUT2D eigenvalue weighted by Gasteiger charge is 2.41. The largest absolute Gasteiger partial charge is 0.357 e. The van der Waals surface area contributed by atoms with Crippen molar-refractivity contribution < 1.29 is 9.59 Å². The van der Waals surface area contributed by atoms with E-state index in [1.54, 1.807) is 11.0 Å². The van der Waals surface area contributed by atoms with Gasteiger partial charge in [0.05, 0.1) is 27.5 Å². The molecule has 1 heterocycles. The Morgan fingerprint density at radius 1 is 0.821 bits per heavy atom. The molecule has 0 radical (unpaired) electrons. The molecule has 0 fully saturated rings. The van der Waals surface area contributed by atoms with Crippen molar-refractivity contribution >= 4 is 46.3 Å². The van der Waals surface area contributed by atoms with Gasteiger partial charge in [0.15, 0.2) is 5.78 Å². The highest BCUT2D eigenvalue weighted by Crippen LogP contribution is 2.48. The minimum Gasteiger partial charge on any atom is -0.357 e. The Hall–Kier alpha value is -3.86. The third-order valence-corrected chi connectivity index (χ3v) is 8.28. The Bertz CT molecular complexity index is 1610. The maximum absolute atomic E-state index is 14.2. The van der Waals surface area contributed by atoms with Crippen LogP contribution in [0.4, 0.5) is 11.4 Å². The van der Waals surface area contributed by atoms with Crippen molar-refractivity contribution in [2.75, 3.05) is 10.2 Å². The van der Waals surface area contributed by atoms with Crippen molar-refractivity contribution in [3.05, 3.63) is 141 Å². The minimum atomic E-state index is -0.591. The van der Waals surface area contributed by atoms with E-state index in [4.69, 9.17) is 23.2 Å². The van der Waals surface area contributed by atoms with Crippen LogP contribution in [0.25, 0.3) is 0 Å². The molecular formula is C33H26Cl2N2O2. The summed E-state index contributed by atoms with van der Waals surface area (Å²) in [5.41, 5.74) is 6.47. The summed E-state index contributed by atoms with van der Waals surface area (Å²) in [4.78, 5) is 30.1. The second kappa shape index (κ2) is 10.4. The number of amides is 1. The molecule has 194 valence electrons. The predicted octanol–water partition coefficient (Wildman–Crippen LogP) is 8.52. The van der Waals surface area contributed by atoms with Gasteiger partial charge in [-0.05, 0) is 66.8 Å². The van der Waals surface area contributed by atoms with Gasteiger partial charge in [-0.3, -0.25) is 14.5 Å². The first-order chi connectivity index (χ1) is 18.9.